The Morgan fingerprint density at radius 1 is 0.789 bits per heavy atom. The van der Waals surface area contributed by atoms with Crippen molar-refractivity contribution in [1.29, 1.82) is 0 Å². The van der Waals surface area contributed by atoms with E-state index in [0.717, 1.165) is 40.3 Å². The molecule has 1 amide bonds. The van der Waals surface area contributed by atoms with Crippen LogP contribution in [0, 0.1) is 19.7 Å². The lowest BCUT2D eigenvalue weighted by molar-refractivity contribution is -0.137. The van der Waals surface area contributed by atoms with Gasteiger partial charge in [0.05, 0.1) is 16.8 Å². The molecule has 2 heterocycles. The molecule has 0 N–H and O–H groups in total. The summed E-state index contributed by atoms with van der Waals surface area (Å²) in [6, 6.07) is 21.2. The Kier molecular flexibility index (Phi) is 6.73. The lowest BCUT2D eigenvalue weighted by Gasteiger charge is -2.36. The molecule has 196 valence electrons. The first-order chi connectivity index (χ1) is 18.1. The number of piperazine rings is 1. The largest absolute Gasteiger partial charge is 0.416 e. The molecule has 5 rings (SSSR count). The molecule has 1 aliphatic rings. The summed E-state index contributed by atoms with van der Waals surface area (Å²) in [4.78, 5) is 17.3. The van der Waals surface area contributed by atoms with E-state index in [0.29, 0.717) is 37.4 Å². The van der Waals surface area contributed by atoms with E-state index >= 15 is 0 Å². The maximum absolute atomic E-state index is 13.7. The van der Waals surface area contributed by atoms with Gasteiger partial charge in [-0.2, -0.15) is 13.2 Å². The molecule has 1 saturated heterocycles. The number of halogens is 4. The lowest BCUT2D eigenvalue weighted by atomic mass is 10.1. The van der Waals surface area contributed by atoms with Crippen molar-refractivity contribution in [3.63, 3.8) is 0 Å². The molecule has 0 saturated carbocycles. The van der Waals surface area contributed by atoms with Crippen LogP contribution in [0.25, 0.3) is 16.9 Å². The Labute approximate surface area is 218 Å². The lowest BCUT2D eigenvalue weighted by Crippen LogP contribution is -2.49. The van der Waals surface area contributed by atoms with Gasteiger partial charge in [0, 0.05) is 43.2 Å². The number of aryl methyl sites for hydroxylation is 1. The van der Waals surface area contributed by atoms with Crippen LogP contribution >= 0.6 is 0 Å². The van der Waals surface area contributed by atoms with Crippen molar-refractivity contribution in [3.05, 3.63) is 107 Å². The highest BCUT2D eigenvalue weighted by Crippen LogP contribution is 2.33. The second kappa shape index (κ2) is 10.0. The predicted molar refractivity (Wildman–Crippen MR) is 140 cm³/mol. The summed E-state index contributed by atoms with van der Waals surface area (Å²) in [6.45, 7) is 5.51. The molecule has 4 aromatic rings. The van der Waals surface area contributed by atoms with Gasteiger partial charge in [0.2, 0.25) is 0 Å². The van der Waals surface area contributed by atoms with E-state index in [1.165, 1.54) is 18.2 Å². The van der Waals surface area contributed by atoms with Crippen LogP contribution in [0.4, 0.5) is 23.2 Å². The zero-order chi connectivity index (χ0) is 27.0. The van der Waals surface area contributed by atoms with E-state index in [4.69, 9.17) is 0 Å². The first-order valence-electron chi connectivity index (χ1n) is 12.4. The fourth-order valence-corrected chi connectivity index (χ4v) is 4.97. The Balaban J connectivity index is 1.42. The Hall–Kier alpha value is -4.07. The minimum absolute atomic E-state index is 0.138. The van der Waals surface area contributed by atoms with Crippen LogP contribution in [-0.2, 0) is 6.18 Å². The summed E-state index contributed by atoms with van der Waals surface area (Å²) in [5.74, 6) is -0.477. The molecule has 38 heavy (non-hydrogen) atoms. The maximum atomic E-state index is 13.7. The van der Waals surface area contributed by atoms with Crippen molar-refractivity contribution in [2.75, 3.05) is 31.1 Å². The minimum atomic E-state index is -4.40. The van der Waals surface area contributed by atoms with Crippen LogP contribution in [-0.4, -0.2) is 41.6 Å². The molecular formula is C30H27F4N3O. The standard InChI is InChI=1S/C30H27F4N3O/c1-20-5-3-8-26(17-20)37-21(2)27(19-28(37)22-9-11-24(31)12-10-22)29(38)36-15-13-35(14-16-36)25-7-4-6-23(18-25)30(32,33)34/h3-12,17-19H,13-16H2,1-2H3. The third-order valence-electron chi connectivity index (χ3n) is 6.98. The molecule has 0 unspecified atom stereocenters. The second-order valence-electron chi connectivity index (χ2n) is 9.54. The monoisotopic (exact) mass is 521 g/mol. The normalized spacial score (nSPS) is 14.2. The molecule has 0 bridgehead atoms. The van der Waals surface area contributed by atoms with E-state index in [1.807, 2.05) is 53.6 Å². The van der Waals surface area contributed by atoms with Gasteiger partial charge in [0.15, 0.2) is 0 Å². The van der Waals surface area contributed by atoms with Crippen molar-refractivity contribution >= 4 is 11.6 Å². The molecule has 1 fully saturated rings. The fourth-order valence-electron chi connectivity index (χ4n) is 4.97. The Morgan fingerprint density at radius 2 is 1.45 bits per heavy atom. The Bertz CT molecular complexity index is 1470. The Morgan fingerprint density at radius 3 is 2.11 bits per heavy atom. The molecule has 1 aromatic heterocycles. The number of hydrogen-bond donors (Lipinski definition) is 0. The van der Waals surface area contributed by atoms with Gasteiger partial charge in [-0.1, -0.05) is 18.2 Å². The van der Waals surface area contributed by atoms with E-state index in [-0.39, 0.29) is 11.7 Å². The van der Waals surface area contributed by atoms with Crippen LogP contribution in [0.15, 0.2) is 78.9 Å². The average Bonchev–Trinajstić information content (AvgIpc) is 3.25. The van der Waals surface area contributed by atoms with Gasteiger partial charge in [-0.15, -0.1) is 0 Å². The van der Waals surface area contributed by atoms with Gasteiger partial charge < -0.3 is 14.4 Å². The highest BCUT2D eigenvalue weighted by atomic mass is 19.4. The van der Waals surface area contributed by atoms with Crippen molar-refractivity contribution in [1.82, 2.24) is 9.47 Å². The van der Waals surface area contributed by atoms with Crippen molar-refractivity contribution in [2.45, 2.75) is 20.0 Å². The number of alkyl halides is 3. The number of hydrogen-bond acceptors (Lipinski definition) is 2. The van der Waals surface area contributed by atoms with Gasteiger partial charge in [-0.25, -0.2) is 4.39 Å². The van der Waals surface area contributed by atoms with E-state index < -0.39 is 11.7 Å². The molecule has 1 aliphatic heterocycles. The van der Waals surface area contributed by atoms with Gasteiger partial charge in [-0.05, 0) is 85.6 Å². The zero-order valence-corrected chi connectivity index (χ0v) is 21.1. The number of carbonyl (C=O) groups excluding carboxylic acids is 1. The highest BCUT2D eigenvalue weighted by Gasteiger charge is 2.32. The fraction of sp³-hybridized carbons (Fsp3) is 0.233. The van der Waals surface area contributed by atoms with E-state index in [9.17, 15) is 22.4 Å². The number of aromatic nitrogens is 1. The summed E-state index contributed by atoms with van der Waals surface area (Å²) < 4.78 is 55.1. The predicted octanol–water partition coefficient (Wildman–Crippen LogP) is 6.88. The maximum Gasteiger partial charge on any atom is 0.416 e. The minimum Gasteiger partial charge on any atom is -0.368 e. The highest BCUT2D eigenvalue weighted by molar-refractivity contribution is 5.97. The third kappa shape index (κ3) is 5.03. The first-order valence-corrected chi connectivity index (χ1v) is 12.4. The number of rotatable bonds is 4. The molecule has 8 heteroatoms. The number of benzene rings is 3. The van der Waals surface area contributed by atoms with Crippen LogP contribution < -0.4 is 4.90 Å². The molecule has 0 aliphatic carbocycles. The van der Waals surface area contributed by atoms with Gasteiger partial charge in [-0.3, -0.25) is 4.79 Å². The first kappa shape index (κ1) is 25.6. The second-order valence-corrected chi connectivity index (χ2v) is 9.54. The number of amides is 1. The van der Waals surface area contributed by atoms with Crippen molar-refractivity contribution in [3.8, 4) is 16.9 Å². The topological polar surface area (TPSA) is 28.5 Å². The zero-order valence-electron chi connectivity index (χ0n) is 21.1. The molecule has 0 radical (unpaired) electrons. The summed E-state index contributed by atoms with van der Waals surface area (Å²) >= 11 is 0. The number of carbonyl (C=O) groups is 1. The molecule has 0 atom stereocenters. The average molecular weight is 522 g/mol. The van der Waals surface area contributed by atoms with Gasteiger partial charge in [0.25, 0.3) is 5.91 Å². The molecule has 4 nitrogen and oxygen atoms in total. The third-order valence-corrected chi connectivity index (χ3v) is 6.98. The summed E-state index contributed by atoms with van der Waals surface area (Å²) in [5.41, 5.74) is 4.64. The molecule has 0 spiro atoms. The smallest absolute Gasteiger partial charge is 0.368 e. The van der Waals surface area contributed by atoms with Crippen molar-refractivity contribution < 1.29 is 22.4 Å². The van der Waals surface area contributed by atoms with Gasteiger partial charge >= 0.3 is 6.18 Å². The van der Waals surface area contributed by atoms with Gasteiger partial charge in [0.1, 0.15) is 5.82 Å². The quantitative estimate of drug-likeness (QED) is 0.274. The number of nitrogens with zero attached hydrogens (tertiary/aromatic N) is 3. The summed E-state index contributed by atoms with van der Waals surface area (Å²) in [7, 11) is 0. The van der Waals surface area contributed by atoms with Crippen LogP contribution in [0.3, 0.4) is 0 Å². The number of anilines is 1. The van der Waals surface area contributed by atoms with Crippen LogP contribution in [0.2, 0.25) is 0 Å². The molecule has 3 aromatic carbocycles. The SMILES string of the molecule is Cc1cccc(-n2c(-c3ccc(F)cc3)cc(C(=O)N3CCN(c4cccc(C(F)(F)F)c4)CC3)c2C)c1. The summed E-state index contributed by atoms with van der Waals surface area (Å²) in [6.07, 6.45) is -4.40. The van der Waals surface area contributed by atoms with Crippen molar-refractivity contribution in [2.24, 2.45) is 0 Å². The molecular weight excluding hydrogens is 494 g/mol. The van der Waals surface area contributed by atoms with Crippen LogP contribution in [0.1, 0.15) is 27.2 Å². The van der Waals surface area contributed by atoms with Crippen LogP contribution in [0.5, 0.6) is 0 Å². The van der Waals surface area contributed by atoms with E-state index in [1.54, 1.807) is 23.1 Å². The summed E-state index contributed by atoms with van der Waals surface area (Å²) in [5, 5.41) is 0. The van der Waals surface area contributed by atoms with E-state index in [2.05, 4.69) is 0 Å².